The Morgan fingerprint density at radius 2 is 1.95 bits per heavy atom. The van der Waals surface area contributed by atoms with Crippen molar-refractivity contribution in [2.45, 2.75) is 11.4 Å². The molecule has 0 amide bonds. The summed E-state index contributed by atoms with van der Waals surface area (Å²) in [6, 6.07) is 9.27. The van der Waals surface area contributed by atoms with E-state index in [1.807, 2.05) is 17.5 Å². The molecule has 0 atom stereocenters. The second-order valence-electron chi connectivity index (χ2n) is 4.06. The fourth-order valence-electron chi connectivity index (χ4n) is 1.52. The minimum Gasteiger partial charge on any atom is -0.482 e. The second kappa shape index (κ2) is 6.70. The molecule has 6 nitrogen and oxygen atoms in total. The Hall–Kier alpha value is -1.90. The normalized spacial score (nSPS) is 11.2. The largest absolute Gasteiger partial charge is 0.482 e. The summed E-state index contributed by atoms with van der Waals surface area (Å²) in [7, 11) is -3.60. The minimum absolute atomic E-state index is 0.0988. The number of ether oxygens (including phenoxy) is 1. The van der Waals surface area contributed by atoms with Gasteiger partial charge in [-0.2, -0.15) is 0 Å². The second-order valence-corrected chi connectivity index (χ2v) is 6.86. The lowest BCUT2D eigenvalue weighted by Gasteiger charge is -2.07. The lowest BCUT2D eigenvalue weighted by atomic mass is 10.3. The van der Waals surface area contributed by atoms with Crippen LogP contribution in [-0.2, 0) is 21.4 Å². The zero-order valence-corrected chi connectivity index (χ0v) is 12.5. The number of rotatable bonds is 7. The number of hydrogen-bond donors (Lipinski definition) is 2. The monoisotopic (exact) mass is 327 g/mol. The molecule has 2 rings (SSSR count). The zero-order valence-electron chi connectivity index (χ0n) is 10.9. The standard InChI is InChI=1S/C13H13NO5S2/c15-13(16)9-19-10-3-5-12(6-4-10)21(17,18)14-8-11-2-1-7-20-11/h1-7,14H,8-9H2,(H,15,16). The summed E-state index contributed by atoms with van der Waals surface area (Å²) in [5.41, 5.74) is 0. The molecule has 0 aliphatic heterocycles. The molecular weight excluding hydrogens is 314 g/mol. The Kier molecular flexibility index (Phi) is 4.94. The fourth-order valence-corrected chi connectivity index (χ4v) is 3.27. The van der Waals surface area contributed by atoms with Crippen LogP contribution in [0.3, 0.4) is 0 Å². The lowest BCUT2D eigenvalue weighted by molar-refractivity contribution is -0.139. The maximum atomic E-state index is 12.1. The summed E-state index contributed by atoms with van der Waals surface area (Å²) in [6.07, 6.45) is 0. The van der Waals surface area contributed by atoms with Crippen LogP contribution < -0.4 is 9.46 Å². The van der Waals surface area contributed by atoms with E-state index >= 15 is 0 Å². The molecule has 0 bridgehead atoms. The van der Waals surface area contributed by atoms with Gasteiger partial charge in [0.15, 0.2) is 6.61 Å². The molecule has 8 heteroatoms. The molecule has 0 unspecified atom stereocenters. The van der Waals surface area contributed by atoms with Crippen molar-refractivity contribution in [3.8, 4) is 5.75 Å². The smallest absolute Gasteiger partial charge is 0.341 e. The predicted octanol–water partition coefficient (Wildman–Crippen LogP) is 1.69. The molecule has 2 N–H and O–H groups in total. The van der Waals surface area contributed by atoms with Crippen molar-refractivity contribution in [2.24, 2.45) is 0 Å². The topological polar surface area (TPSA) is 92.7 Å². The van der Waals surface area contributed by atoms with Crippen LogP contribution >= 0.6 is 11.3 Å². The van der Waals surface area contributed by atoms with Crippen molar-refractivity contribution in [1.82, 2.24) is 4.72 Å². The highest BCUT2D eigenvalue weighted by Gasteiger charge is 2.14. The summed E-state index contributed by atoms with van der Waals surface area (Å²) >= 11 is 1.47. The molecule has 21 heavy (non-hydrogen) atoms. The number of carboxylic acid groups (broad SMARTS) is 1. The van der Waals surface area contributed by atoms with Gasteiger partial charge in [0, 0.05) is 11.4 Å². The first kappa shape index (κ1) is 15.5. The Balaban J connectivity index is 2.01. The van der Waals surface area contributed by atoms with Gasteiger partial charge in [0.1, 0.15) is 5.75 Å². The molecule has 0 aliphatic carbocycles. The van der Waals surface area contributed by atoms with Crippen molar-refractivity contribution in [3.63, 3.8) is 0 Å². The number of aliphatic carboxylic acids is 1. The third-order valence-electron chi connectivity index (χ3n) is 2.51. The summed E-state index contributed by atoms with van der Waals surface area (Å²) in [4.78, 5) is 11.4. The maximum Gasteiger partial charge on any atom is 0.341 e. The molecular formula is C13H13NO5S2. The predicted molar refractivity (Wildman–Crippen MR) is 77.9 cm³/mol. The summed E-state index contributed by atoms with van der Waals surface area (Å²) in [5, 5.41) is 10.4. The van der Waals surface area contributed by atoms with Crippen LogP contribution in [0, 0.1) is 0 Å². The Morgan fingerprint density at radius 1 is 1.24 bits per heavy atom. The molecule has 1 aromatic heterocycles. The molecule has 0 saturated heterocycles. The molecule has 0 radical (unpaired) electrons. The molecule has 112 valence electrons. The van der Waals surface area contributed by atoms with E-state index in [1.165, 1.54) is 35.6 Å². The highest BCUT2D eigenvalue weighted by atomic mass is 32.2. The third kappa shape index (κ3) is 4.55. The number of sulfonamides is 1. The highest BCUT2D eigenvalue weighted by Crippen LogP contribution is 2.16. The van der Waals surface area contributed by atoms with Gasteiger partial charge in [-0.05, 0) is 35.7 Å². The van der Waals surface area contributed by atoms with Crippen LogP contribution in [0.4, 0.5) is 0 Å². The van der Waals surface area contributed by atoms with Crippen molar-refractivity contribution in [2.75, 3.05) is 6.61 Å². The number of benzene rings is 1. The molecule has 2 aromatic rings. The first-order valence-corrected chi connectivity index (χ1v) is 8.30. The molecule has 0 aliphatic rings. The van der Waals surface area contributed by atoms with E-state index in [0.29, 0.717) is 5.75 Å². The van der Waals surface area contributed by atoms with E-state index in [9.17, 15) is 13.2 Å². The van der Waals surface area contributed by atoms with E-state index in [-0.39, 0.29) is 11.4 Å². The first-order chi connectivity index (χ1) is 9.97. The Labute approximate surface area is 126 Å². The van der Waals surface area contributed by atoms with Crippen molar-refractivity contribution in [3.05, 3.63) is 46.7 Å². The maximum absolute atomic E-state index is 12.1. The van der Waals surface area contributed by atoms with Gasteiger partial charge in [-0.25, -0.2) is 17.9 Å². The van der Waals surface area contributed by atoms with Crippen LogP contribution in [0.2, 0.25) is 0 Å². The van der Waals surface area contributed by atoms with Crippen molar-refractivity contribution >= 4 is 27.3 Å². The summed E-state index contributed by atoms with van der Waals surface area (Å²) in [6.45, 7) is -0.236. The van der Waals surface area contributed by atoms with Gasteiger partial charge < -0.3 is 9.84 Å². The fraction of sp³-hybridized carbons (Fsp3) is 0.154. The molecule has 0 spiro atoms. The van der Waals surface area contributed by atoms with Gasteiger partial charge in [-0.3, -0.25) is 0 Å². The van der Waals surface area contributed by atoms with Crippen molar-refractivity contribution in [1.29, 1.82) is 0 Å². The van der Waals surface area contributed by atoms with Gasteiger partial charge in [-0.15, -0.1) is 11.3 Å². The van der Waals surface area contributed by atoms with Gasteiger partial charge >= 0.3 is 5.97 Å². The van der Waals surface area contributed by atoms with E-state index in [2.05, 4.69) is 4.72 Å². The van der Waals surface area contributed by atoms with E-state index in [4.69, 9.17) is 9.84 Å². The number of hydrogen-bond acceptors (Lipinski definition) is 5. The highest BCUT2D eigenvalue weighted by molar-refractivity contribution is 7.89. The molecule has 0 saturated carbocycles. The minimum atomic E-state index is -3.60. The molecule has 1 heterocycles. The summed E-state index contributed by atoms with van der Waals surface area (Å²) in [5.74, 6) is -0.793. The number of nitrogens with one attached hydrogen (secondary N) is 1. The van der Waals surface area contributed by atoms with E-state index in [0.717, 1.165) is 4.88 Å². The van der Waals surface area contributed by atoms with Gasteiger partial charge in [0.25, 0.3) is 0 Å². The SMILES string of the molecule is O=C(O)COc1ccc(S(=O)(=O)NCc2cccs2)cc1. The van der Waals surface area contributed by atoms with E-state index < -0.39 is 22.6 Å². The third-order valence-corrected chi connectivity index (χ3v) is 4.81. The van der Waals surface area contributed by atoms with Crippen molar-refractivity contribution < 1.29 is 23.1 Å². The summed E-state index contributed by atoms with van der Waals surface area (Å²) < 4.78 is 31.6. The van der Waals surface area contributed by atoms with Crippen LogP contribution in [0.1, 0.15) is 4.88 Å². The molecule has 1 aromatic carbocycles. The number of carboxylic acids is 1. The van der Waals surface area contributed by atoms with Gasteiger partial charge in [0.05, 0.1) is 4.90 Å². The Bertz CT molecular complexity index is 693. The van der Waals surface area contributed by atoms with E-state index in [1.54, 1.807) is 0 Å². The zero-order chi connectivity index (χ0) is 15.3. The average Bonchev–Trinajstić information content (AvgIpc) is 2.97. The van der Waals surface area contributed by atoms with Crippen LogP contribution in [0.5, 0.6) is 5.75 Å². The average molecular weight is 327 g/mol. The van der Waals surface area contributed by atoms with Crippen LogP contribution in [0.15, 0.2) is 46.7 Å². The lowest BCUT2D eigenvalue weighted by Crippen LogP contribution is -2.22. The number of thiophene rings is 1. The van der Waals surface area contributed by atoms with Crippen LogP contribution in [0.25, 0.3) is 0 Å². The van der Waals surface area contributed by atoms with Gasteiger partial charge in [0.2, 0.25) is 10.0 Å². The van der Waals surface area contributed by atoms with Gasteiger partial charge in [-0.1, -0.05) is 6.07 Å². The van der Waals surface area contributed by atoms with Crippen LogP contribution in [-0.4, -0.2) is 26.1 Å². The quantitative estimate of drug-likeness (QED) is 0.807. The molecule has 0 fully saturated rings. The Morgan fingerprint density at radius 3 is 2.52 bits per heavy atom. The first-order valence-electron chi connectivity index (χ1n) is 5.94. The number of carbonyl (C=O) groups is 1.